The van der Waals surface area contributed by atoms with E-state index in [0.717, 1.165) is 18.0 Å². The minimum Gasteiger partial charge on any atom is -0.312 e. The minimum absolute atomic E-state index is 0.253. The molecule has 0 aromatic heterocycles. The molecule has 1 rings (SSSR count). The summed E-state index contributed by atoms with van der Waals surface area (Å²) in [5.41, 5.74) is 1.12. The number of benzene rings is 1. The zero-order valence-electron chi connectivity index (χ0n) is 10.9. The van der Waals surface area contributed by atoms with Gasteiger partial charge in [0, 0.05) is 0 Å². The molecule has 0 spiro atoms. The smallest absolute Gasteiger partial charge is 0.287 e. The van der Waals surface area contributed by atoms with Crippen molar-refractivity contribution in [3.63, 3.8) is 0 Å². The second-order valence-corrected chi connectivity index (χ2v) is 10.9. The van der Waals surface area contributed by atoms with Crippen LogP contribution in [0.25, 0.3) is 0 Å². The van der Waals surface area contributed by atoms with Crippen LogP contribution in [-0.4, -0.2) is 16.7 Å². The fourth-order valence-electron chi connectivity index (χ4n) is 1.30. The van der Waals surface area contributed by atoms with Crippen LogP contribution in [0.4, 0.5) is 0 Å². The standard InChI is InChI=1S/C12H20O3SSi/c1-5-11-7-9-12(10-8-11)16(13,14)15-17(3,4)6-2/h7-10H,5-6H2,1-4H3. The molecule has 5 heteroatoms. The molecule has 0 fully saturated rings. The molecule has 17 heavy (non-hydrogen) atoms. The third kappa shape index (κ3) is 3.94. The average molecular weight is 272 g/mol. The van der Waals surface area contributed by atoms with Gasteiger partial charge in [-0.1, -0.05) is 26.0 Å². The molecule has 0 saturated heterocycles. The molecule has 3 nitrogen and oxygen atoms in total. The van der Waals surface area contributed by atoms with E-state index in [-0.39, 0.29) is 4.90 Å². The first-order valence-corrected chi connectivity index (χ1v) is 10.4. The fourth-order valence-corrected chi connectivity index (χ4v) is 5.00. The molecule has 0 aliphatic rings. The lowest BCUT2D eigenvalue weighted by atomic mass is 10.2. The topological polar surface area (TPSA) is 43.4 Å². The molecule has 0 unspecified atom stereocenters. The third-order valence-corrected chi connectivity index (χ3v) is 8.04. The van der Waals surface area contributed by atoms with Crippen LogP contribution in [0.3, 0.4) is 0 Å². The summed E-state index contributed by atoms with van der Waals surface area (Å²) in [6.45, 7) is 7.81. The van der Waals surface area contributed by atoms with E-state index < -0.39 is 18.4 Å². The Kier molecular flexibility index (Phi) is 4.52. The summed E-state index contributed by atoms with van der Waals surface area (Å²) in [4.78, 5) is 0.253. The van der Waals surface area contributed by atoms with Crippen molar-refractivity contribution in [1.29, 1.82) is 0 Å². The lowest BCUT2D eigenvalue weighted by Crippen LogP contribution is -2.32. The Hall–Kier alpha value is -0.653. The van der Waals surface area contributed by atoms with Crippen LogP contribution < -0.4 is 0 Å². The maximum absolute atomic E-state index is 12.0. The Morgan fingerprint density at radius 1 is 1.12 bits per heavy atom. The van der Waals surface area contributed by atoms with Crippen LogP contribution in [0.5, 0.6) is 0 Å². The van der Waals surface area contributed by atoms with Crippen molar-refractivity contribution < 1.29 is 12.3 Å². The molecule has 0 heterocycles. The van der Waals surface area contributed by atoms with Crippen molar-refractivity contribution in [3.8, 4) is 0 Å². The van der Waals surface area contributed by atoms with Crippen LogP contribution in [-0.2, 0) is 20.4 Å². The monoisotopic (exact) mass is 272 g/mol. The lowest BCUT2D eigenvalue weighted by molar-refractivity contribution is 0.482. The molecule has 0 aliphatic heterocycles. The van der Waals surface area contributed by atoms with Gasteiger partial charge in [-0.25, -0.2) is 0 Å². The van der Waals surface area contributed by atoms with E-state index in [4.69, 9.17) is 3.87 Å². The molecule has 0 bridgehead atoms. The molecule has 0 amide bonds. The van der Waals surface area contributed by atoms with Gasteiger partial charge in [-0.2, -0.15) is 8.42 Å². The van der Waals surface area contributed by atoms with Gasteiger partial charge in [-0.3, -0.25) is 0 Å². The summed E-state index contributed by atoms with van der Waals surface area (Å²) in [6.07, 6.45) is 0.899. The van der Waals surface area contributed by atoms with Crippen LogP contribution in [0.15, 0.2) is 29.2 Å². The summed E-state index contributed by atoms with van der Waals surface area (Å²) in [6, 6.07) is 7.68. The van der Waals surface area contributed by atoms with E-state index in [0.29, 0.717) is 0 Å². The largest absolute Gasteiger partial charge is 0.312 e. The Balaban J connectivity index is 2.97. The van der Waals surface area contributed by atoms with E-state index in [1.165, 1.54) is 0 Å². The molecule has 0 atom stereocenters. The summed E-state index contributed by atoms with van der Waals surface area (Å²) in [7, 11) is -5.70. The Morgan fingerprint density at radius 3 is 2.06 bits per heavy atom. The van der Waals surface area contributed by atoms with Crippen LogP contribution in [0.1, 0.15) is 19.4 Å². The molecule has 0 saturated carbocycles. The Morgan fingerprint density at radius 2 is 1.65 bits per heavy atom. The molecule has 0 aliphatic carbocycles. The zero-order chi connectivity index (χ0) is 13.1. The Bertz CT molecular complexity index is 463. The van der Waals surface area contributed by atoms with Gasteiger partial charge in [0.1, 0.15) is 0 Å². The fraction of sp³-hybridized carbons (Fsp3) is 0.500. The summed E-state index contributed by atoms with van der Waals surface area (Å²) >= 11 is 0. The van der Waals surface area contributed by atoms with E-state index in [1.807, 2.05) is 39.1 Å². The molecule has 0 N–H and O–H groups in total. The third-order valence-electron chi connectivity index (χ3n) is 2.81. The normalized spacial score (nSPS) is 12.7. The highest BCUT2D eigenvalue weighted by Crippen LogP contribution is 2.20. The molecule has 0 radical (unpaired) electrons. The quantitative estimate of drug-likeness (QED) is 0.773. The highest BCUT2D eigenvalue weighted by atomic mass is 32.2. The summed E-state index contributed by atoms with van der Waals surface area (Å²) in [5.74, 6) is 0. The predicted octanol–water partition coefficient (Wildman–Crippen LogP) is 3.18. The van der Waals surface area contributed by atoms with Gasteiger partial charge in [0.05, 0.1) is 4.90 Å². The maximum atomic E-state index is 12.0. The lowest BCUT2D eigenvalue weighted by Gasteiger charge is -2.20. The molecule has 1 aromatic rings. The van der Waals surface area contributed by atoms with Crippen LogP contribution >= 0.6 is 0 Å². The average Bonchev–Trinajstić information content (AvgIpc) is 2.28. The van der Waals surface area contributed by atoms with Gasteiger partial charge < -0.3 is 3.87 Å². The molecular formula is C12H20O3SSi. The van der Waals surface area contributed by atoms with E-state index in [2.05, 4.69) is 0 Å². The number of hydrogen-bond acceptors (Lipinski definition) is 3. The minimum atomic E-state index is -3.59. The highest BCUT2D eigenvalue weighted by molar-refractivity contribution is 7.87. The summed E-state index contributed by atoms with van der Waals surface area (Å²) < 4.78 is 29.4. The van der Waals surface area contributed by atoms with Crippen molar-refractivity contribution in [2.45, 2.75) is 44.3 Å². The van der Waals surface area contributed by atoms with Crippen molar-refractivity contribution in [2.24, 2.45) is 0 Å². The first-order chi connectivity index (χ1) is 7.80. The van der Waals surface area contributed by atoms with Gasteiger partial charge in [-0.05, 0) is 43.3 Å². The van der Waals surface area contributed by atoms with Gasteiger partial charge in [0.2, 0.25) is 8.32 Å². The second-order valence-electron chi connectivity index (χ2n) is 4.65. The van der Waals surface area contributed by atoms with E-state index >= 15 is 0 Å². The van der Waals surface area contributed by atoms with Crippen molar-refractivity contribution in [1.82, 2.24) is 0 Å². The molecular weight excluding hydrogens is 252 g/mol. The van der Waals surface area contributed by atoms with Gasteiger partial charge in [0.15, 0.2) is 0 Å². The maximum Gasteiger partial charge on any atom is 0.287 e. The zero-order valence-corrected chi connectivity index (χ0v) is 12.7. The first kappa shape index (κ1) is 14.4. The molecule has 96 valence electrons. The van der Waals surface area contributed by atoms with Crippen LogP contribution in [0.2, 0.25) is 19.1 Å². The number of rotatable bonds is 5. The van der Waals surface area contributed by atoms with Crippen molar-refractivity contribution in [3.05, 3.63) is 29.8 Å². The van der Waals surface area contributed by atoms with Gasteiger partial charge in [0.25, 0.3) is 10.1 Å². The highest BCUT2D eigenvalue weighted by Gasteiger charge is 2.28. The molecule has 1 aromatic carbocycles. The van der Waals surface area contributed by atoms with Crippen LogP contribution in [0, 0.1) is 0 Å². The van der Waals surface area contributed by atoms with Gasteiger partial charge >= 0.3 is 0 Å². The van der Waals surface area contributed by atoms with E-state index in [1.54, 1.807) is 12.1 Å². The van der Waals surface area contributed by atoms with Gasteiger partial charge in [-0.15, -0.1) is 0 Å². The SMILES string of the molecule is CCc1ccc(S(=O)(=O)O[Si](C)(C)CC)cc1. The van der Waals surface area contributed by atoms with E-state index in [9.17, 15) is 8.42 Å². The first-order valence-electron chi connectivity index (χ1n) is 5.85. The van der Waals surface area contributed by atoms with Crippen molar-refractivity contribution >= 4 is 18.4 Å². The Labute approximate surface area is 105 Å². The second kappa shape index (κ2) is 5.33. The number of hydrogen-bond donors (Lipinski definition) is 0. The summed E-state index contributed by atoms with van der Waals surface area (Å²) in [5, 5.41) is 0. The van der Waals surface area contributed by atoms with Crippen molar-refractivity contribution in [2.75, 3.05) is 0 Å². The predicted molar refractivity (Wildman–Crippen MR) is 72.1 cm³/mol. The number of aryl methyl sites for hydroxylation is 1.